The Bertz CT molecular complexity index is 472. The molecule has 0 saturated heterocycles. The number of amides is 1. The number of ether oxygens (including phenoxy) is 1. The lowest BCUT2D eigenvalue weighted by atomic mass is 10.1. The summed E-state index contributed by atoms with van der Waals surface area (Å²) in [6, 6.07) is 0.226. The fourth-order valence-corrected chi connectivity index (χ4v) is 2.60. The van der Waals surface area contributed by atoms with Gasteiger partial charge in [-0.2, -0.15) is 0 Å². The van der Waals surface area contributed by atoms with E-state index in [9.17, 15) is 4.79 Å². The van der Waals surface area contributed by atoms with Crippen LogP contribution in [0.1, 0.15) is 78.3 Å². The van der Waals surface area contributed by atoms with Gasteiger partial charge in [-0.05, 0) is 59.8 Å². The summed E-state index contributed by atoms with van der Waals surface area (Å²) >= 11 is 0. The van der Waals surface area contributed by atoms with Crippen molar-refractivity contribution in [3.63, 3.8) is 0 Å². The van der Waals surface area contributed by atoms with Crippen LogP contribution >= 0.6 is 0 Å². The summed E-state index contributed by atoms with van der Waals surface area (Å²) in [6.07, 6.45) is 10.4. The molecule has 0 spiro atoms. The van der Waals surface area contributed by atoms with E-state index in [1.165, 1.54) is 0 Å². The highest BCUT2D eigenvalue weighted by atomic mass is 16.5. The summed E-state index contributed by atoms with van der Waals surface area (Å²) in [4.78, 5) is 11.5. The van der Waals surface area contributed by atoms with Gasteiger partial charge in [-0.1, -0.05) is 18.1 Å². The molecule has 6 nitrogen and oxygen atoms in total. The molecule has 1 amide bonds. The van der Waals surface area contributed by atoms with E-state index in [1.54, 1.807) is 0 Å². The summed E-state index contributed by atoms with van der Waals surface area (Å²) in [5.74, 6) is 0.150. The average Bonchev–Trinajstić information content (AvgIpc) is 2.97. The molecular formula is C19H36N4O2. The predicted octanol–water partition coefficient (Wildman–Crippen LogP) is 3.50. The first-order valence-electron chi connectivity index (χ1n) is 9.77. The van der Waals surface area contributed by atoms with Crippen LogP contribution in [-0.4, -0.2) is 39.7 Å². The number of aryl methyl sites for hydroxylation is 2. The van der Waals surface area contributed by atoms with Crippen molar-refractivity contribution >= 4 is 5.91 Å². The maximum Gasteiger partial charge on any atom is 0.220 e. The lowest BCUT2D eigenvalue weighted by molar-refractivity contribution is -0.121. The average molecular weight is 353 g/mol. The predicted molar refractivity (Wildman–Crippen MR) is 100 cm³/mol. The van der Waals surface area contributed by atoms with E-state index < -0.39 is 0 Å². The monoisotopic (exact) mass is 352 g/mol. The number of carbonyl (C=O) groups is 1. The summed E-state index contributed by atoms with van der Waals surface area (Å²) < 4.78 is 7.46. The van der Waals surface area contributed by atoms with E-state index in [-0.39, 0.29) is 11.9 Å². The summed E-state index contributed by atoms with van der Waals surface area (Å²) in [6.45, 7) is 9.83. The Labute approximate surface area is 152 Å². The van der Waals surface area contributed by atoms with Gasteiger partial charge in [-0.25, -0.2) is 0 Å². The molecule has 0 fully saturated rings. The van der Waals surface area contributed by atoms with Gasteiger partial charge < -0.3 is 10.1 Å². The number of carbonyl (C=O) groups excluding carboxylic acids is 1. The van der Waals surface area contributed by atoms with Gasteiger partial charge in [0, 0.05) is 31.8 Å². The van der Waals surface area contributed by atoms with Crippen molar-refractivity contribution in [2.45, 2.75) is 97.8 Å². The van der Waals surface area contributed by atoms with E-state index in [2.05, 4.69) is 35.7 Å². The Morgan fingerprint density at radius 3 is 2.60 bits per heavy atom. The molecule has 0 bridgehead atoms. The van der Waals surface area contributed by atoms with Crippen LogP contribution in [0.25, 0.3) is 0 Å². The maximum atomic E-state index is 11.5. The molecule has 1 aromatic heterocycles. The third kappa shape index (κ3) is 11.7. The van der Waals surface area contributed by atoms with E-state index >= 15 is 0 Å². The van der Waals surface area contributed by atoms with Gasteiger partial charge in [0.25, 0.3) is 0 Å². The number of nitrogens with one attached hydrogen (secondary N) is 1. The lowest BCUT2D eigenvalue weighted by Crippen LogP contribution is -2.29. The molecule has 0 aliphatic heterocycles. The molecule has 0 radical (unpaired) electrons. The molecule has 25 heavy (non-hydrogen) atoms. The third-order valence-corrected chi connectivity index (χ3v) is 3.86. The molecule has 0 aliphatic carbocycles. The number of unbranched alkanes of at least 4 members (excludes halogenated alkanes) is 4. The molecule has 144 valence electrons. The van der Waals surface area contributed by atoms with Crippen molar-refractivity contribution in [2.75, 3.05) is 6.61 Å². The fraction of sp³-hybridized carbons (Fsp3) is 0.842. The minimum absolute atomic E-state index is 0.150. The van der Waals surface area contributed by atoms with Gasteiger partial charge in [0.1, 0.15) is 0 Å². The van der Waals surface area contributed by atoms with Crippen molar-refractivity contribution in [2.24, 2.45) is 0 Å². The van der Waals surface area contributed by atoms with Gasteiger partial charge in [-0.3, -0.25) is 9.48 Å². The zero-order valence-corrected chi connectivity index (χ0v) is 16.5. The van der Waals surface area contributed by atoms with Crippen LogP contribution in [0.3, 0.4) is 0 Å². The second-order valence-corrected chi connectivity index (χ2v) is 7.24. The van der Waals surface area contributed by atoms with Gasteiger partial charge in [0.05, 0.1) is 11.8 Å². The maximum absolute atomic E-state index is 11.5. The summed E-state index contributed by atoms with van der Waals surface area (Å²) in [5, 5.41) is 11.3. The number of hydrogen-bond acceptors (Lipinski definition) is 4. The van der Waals surface area contributed by atoms with Crippen LogP contribution < -0.4 is 5.32 Å². The van der Waals surface area contributed by atoms with Crippen molar-refractivity contribution in [3.05, 3.63) is 11.9 Å². The second kappa shape index (κ2) is 12.9. The molecule has 1 heterocycles. The van der Waals surface area contributed by atoms with E-state index in [4.69, 9.17) is 4.74 Å². The highest BCUT2D eigenvalue weighted by Crippen LogP contribution is 2.06. The zero-order chi connectivity index (χ0) is 18.5. The molecule has 0 saturated carbocycles. The molecule has 6 heteroatoms. The van der Waals surface area contributed by atoms with Gasteiger partial charge in [0.15, 0.2) is 0 Å². The van der Waals surface area contributed by atoms with Crippen LogP contribution in [0.4, 0.5) is 0 Å². The first-order valence-corrected chi connectivity index (χ1v) is 9.77. The molecule has 0 aromatic carbocycles. The lowest BCUT2D eigenvalue weighted by Gasteiger charge is -2.07. The van der Waals surface area contributed by atoms with Crippen LogP contribution in [0.2, 0.25) is 0 Å². The smallest absolute Gasteiger partial charge is 0.220 e. The fourth-order valence-electron chi connectivity index (χ4n) is 2.60. The summed E-state index contributed by atoms with van der Waals surface area (Å²) in [5.41, 5.74) is 1.07. The molecular weight excluding hydrogens is 316 g/mol. The van der Waals surface area contributed by atoms with Crippen LogP contribution in [-0.2, 0) is 22.5 Å². The van der Waals surface area contributed by atoms with Crippen LogP contribution in [0, 0.1) is 0 Å². The second-order valence-electron chi connectivity index (χ2n) is 7.24. The quantitative estimate of drug-likeness (QED) is 0.520. The largest absolute Gasteiger partial charge is 0.379 e. The molecule has 1 rings (SSSR count). The van der Waals surface area contributed by atoms with Gasteiger partial charge in [0.2, 0.25) is 5.91 Å². The van der Waals surface area contributed by atoms with E-state index in [1.807, 2.05) is 18.5 Å². The normalized spacial score (nSPS) is 11.4. The van der Waals surface area contributed by atoms with Gasteiger partial charge >= 0.3 is 0 Å². The third-order valence-electron chi connectivity index (χ3n) is 3.86. The Hall–Kier alpha value is -1.43. The highest BCUT2D eigenvalue weighted by Gasteiger charge is 2.04. The van der Waals surface area contributed by atoms with Crippen LogP contribution in [0.5, 0.6) is 0 Å². The van der Waals surface area contributed by atoms with E-state index in [0.29, 0.717) is 12.5 Å². The van der Waals surface area contributed by atoms with Crippen molar-refractivity contribution < 1.29 is 9.53 Å². The standard InChI is InChI=1S/C19H36N4O2/c1-16(2)20-19(24)12-8-5-9-13-23-15-18(21-22-23)11-7-6-10-14-25-17(3)4/h15-17H,5-14H2,1-4H3,(H,20,24). The number of aromatic nitrogens is 3. The SMILES string of the molecule is CC(C)NC(=O)CCCCCn1cc(CCCCCOC(C)C)nn1. The molecule has 0 atom stereocenters. The van der Waals surface area contributed by atoms with Crippen molar-refractivity contribution in [1.29, 1.82) is 0 Å². The number of nitrogens with zero attached hydrogens (tertiary/aromatic N) is 3. The van der Waals surface area contributed by atoms with Crippen LogP contribution in [0.15, 0.2) is 6.20 Å². The Balaban J connectivity index is 2.04. The Morgan fingerprint density at radius 1 is 1.12 bits per heavy atom. The summed E-state index contributed by atoms with van der Waals surface area (Å²) in [7, 11) is 0. The minimum atomic E-state index is 0.150. The van der Waals surface area contributed by atoms with Crippen molar-refractivity contribution in [1.82, 2.24) is 20.3 Å². The minimum Gasteiger partial charge on any atom is -0.379 e. The topological polar surface area (TPSA) is 69.0 Å². The van der Waals surface area contributed by atoms with E-state index in [0.717, 1.165) is 63.8 Å². The Morgan fingerprint density at radius 2 is 1.88 bits per heavy atom. The molecule has 0 aliphatic rings. The molecule has 0 unspecified atom stereocenters. The first kappa shape index (κ1) is 21.6. The highest BCUT2D eigenvalue weighted by molar-refractivity contribution is 5.76. The molecule has 1 N–H and O–H groups in total. The van der Waals surface area contributed by atoms with Crippen molar-refractivity contribution in [3.8, 4) is 0 Å². The zero-order valence-electron chi connectivity index (χ0n) is 16.5. The number of rotatable bonds is 14. The first-order chi connectivity index (χ1) is 12.0. The molecule has 1 aromatic rings. The number of hydrogen-bond donors (Lipinski definition) is 1. The Kier molecular flexibility index (Phi) is 11.1. The van der Waals surface area contributed by atoms with Gasteiger partial charge in [-0.15, -0.1) is 5.10 Å².